The molecule has 5 nitrogen and oxygen atoms in total. The highest BCUT2D eigenvalue weighted by Crippen LogP contribution is 2.00. The smallest absolute Gasteiger partial charge is 0.157 e. The van der Waals surface area contributed by atoms with Gasteiger partial charge in [-0.1, -0.05) is 0 Å². The molecule has 3 rings (SSSR count). The second kappa shape index (κ2) is 7.40. The van der Waals surface area contributed by atoms with Crippen LogP contribution in [0.1, 0.15) is 18.6 Å². The number of nitrogens with one attached hydrogen (secondary N) is 3. The molecule has 2 saturated heterocycles. The zero-order valence-electron chi connectivity index (χ0n) is 12.9. The largest absolute Gasteiger partial charge is 0.463 e. The highest BCUT2D eigenvalue weighted by Gasteiger charge is 2.33. The van der Waals surface area contributed by atoms with Crippen LogP contribution in [0, 0.1) is 0 Å². The normalized spacial score (nSPS) is 34.0. The van der Waals surface area contributed by atoms with Crippen LogP contribution in [0.5, 0.6) is 0 Å². The molecular formula is C16H30N3O2+3. The maximum absolute atomic E-state index is 9.03. The first-order chi connectivity index (χ1) is 10.3. The van der Waals surface area contributed by atoms with Gasteiger partial charge in [0.1, 0.15) is 39.3 Å². The van der Waals surface area contributed by atoms with Crippen LogP contribution in [-0.2, 0) is 6.54 Å². The summed E-state index contributed by atoms with van der Waals surface area (Å²) in [6.07, 6.45) is 4.47. The number of likely N-dealkylation sites (tertiary alicyclic amines) is 1. The average Bonchev–Trinajstić information content (AvgIpc) is 3.02. The fourth-order valence-corrected chi connectivity index (χ4v) is 4.01. The number of aliphatic hydroxyl groups is 1. The second-order valence-corrected chi connectivity index (χ2v) is 6.66. The minimum atomic E-state index is 0.333. The summed E-state index contributed by atoms with van der Waals surface area (Å²) in [4.78, 5) is 5.07. The Morgan fingerprint density at radius 3 is 2.43 bits per heavy atom. The third-order valence-corrected chi connectivity index (χ3v) is 5.34. The van der Waals surface area contributed by atoms with Crippen molar-refractivity contribution in [3.8, 4) is 0 Å². The lowest BCUT2D eigenvalue weighted by Gasteiger charge is -2.37. The maximum atomic E-state index is 9.03. The quantitative estimate of drug-likeness (QED) is 0.458. The number of furan rings is 1. The van der Waals surface area contributed by atoms with Gasteiger partial charge >= 0.3 is 0 Å². The van der Waals surface area contributed by atoms with Crippen molar-refractivity contribution in [2.75, 3.05) is 52.4 Å². The Labute approximate surface area is 127 Å². The van der Waals surface area contributed by atoms with E-state index in [1.807, 2.05) is 11.0 Å². The van der Waals surface area contributed by atoms with Gasteiger partial charge < -0.3 is 24.2 Å². The molecule has 4 N–H and O–H groups in total. The average molecular weight is 296 g/mol. The molecule has 0 radical (unpaired) electrons. The van der Waals surface area contributed by atoms with Crippen LogP contribution in [0.3, 0.4) is 0 Å². The van der Waals surface area contributed by atoms with Crippen LogP contribution in [0.4, 0.5) is 0 Å². The first-order valence-corrected chi connectivity index (χ1v) is 8.50. The van der Waals surface area contributed by atoms with Crippen molar-refractivity contribution in [3.05, 3.63) is 24.2 Å². The second-order valence-electron chi connectivity index (χ2n) is 6.66. The number of hydrogen-bond donors (Lipinski definition) is 4. The van der Waals surface area contributed by atoms with Crippen molar-refractivity contribution in [1.29, 1.82) is 0 Å². The minimum absolute atomic E-state index is 0.333. The van der Waals surface area contributed by atoms with Crippen molar-refractivity contribution >= 4 is 0 Å². The summed E-state index contributed by atoms with van der Waals surface area (Å²) in [6, 6.07) is 4.94. The molecule has 5 heteroatoms. The Balaban J connectivity index is 1.40. The number of rotatable bonds is 5. The summed E-state index contributed by atoms with van der Waals surface area (Å²) < 4.78 is 5.46. The van der Waals surface area contributed by atoms with Gasteiger partial charge in [-0.2, -0.15) is 0 Å². The molecule has 2 aliphatic rings. The standard InChI is InChI=1S/C16H27N3O2/c20-12-11-17-7-9-19(10-8-17)15-3-5-18(6-4-15)14-16-2-1-13-21-16/h1-2,13,15,20H,3-12,14H2/p+3. The van der Waals surface area contributed by atoms with Crippen LogP contribution < -0.4 is 14.7 Å². The van der Waals surface area contributed by atoms with E-state index >= 15 is 0 Å². The van der Waals surface area contributed by atoms with E-state index in [2.05, 4.69) is 6.07 Å². The van der Waals surface area contributed by atoms with Crippen LogP contribution >= 0.6 is 0 Å². The van der Waals surface area contributed by atoms with E-state index in [0.29, 0.717) is 6.61 Å². The maximum Gasteiger partial charge on any atom is 0.157 e. The molecule has 0 aromatic carbocycles. The first-order valence-electron chi connectivity index (χ1n) is 8.50. The SMILES string of the molecule is OCC[NH+]1CC[NH+](C2CC[NH+](Cc3ccco3)CC2)CC1. The van der Waals surface area contributed by atoms with E-state index in [-0.39, 0.29) is 0 Å². The molecule has 0 spiro atoms. The molecule has 1 aromatic rings. The van der Waals surface area contributed by atoms with E-state index < -0.39 is 0 Å². The van der Waals surface area contributed by atoms with Gasteiger partial charge in [0, 0.05) is 12.8 Å². The molecular weight excluding hydrogens is 266 g/mol. The molecule has 118 valence electrons. The molecule has 2 aliphatic heterocycles. The van der Waals surface area contributed by atoms with Gasteiger partial charge in [0.25, 0.3) is 0 Å². The number of aliphatic hydroxyl groups excluding tert-OH is 1. The highest BCUT2D eigenvalue weighted by molar-refractivity contribution is 4.95. The fourth-order valence-electron chi connectivity index (χ4n) is 4.01. The van der Waals surface area contributed by atoms with Gasteiger partial charge in [-0.05, 0) is 12.1 Å². The topological polar surface area (TPSA) is 46.7 Å². The van der Waals surface area contributed by atoms with E-state index in [9.17, 15) is 0 Å². The van der Waals surface area contributed by atoms with Crippen molar-refractivity contribution in [1.82, 2.24) is 0 Å². The Kier molecular flexibility index (Phi) is 5.30. The van der Waals surface area contributed by atoms with Crippen molar-refractivity contribution in [3.63, 3.8) is 0 Å². The summed E-state index contributed by atoms with van der Waals surface area (Å²) >= 11 is 0. The number of quaternary nitrogens is 3. The Morgan fingerprint density at radius 1 is 1.05 bits per heavy atom. The number of piperidine rings is 1. The Bertz CT molecular complexity index is 394. The molecule has 2 fully saturated rings. The minimum Gasteiger partial charge on any atom is -0.463 e. The summed E-state index contributed by atoms with van der Waals surface area (Å²) in [5.74, 6) is 1.12. The number of piperazine rings is 1. The van der Waals surface area contributed by atoms with Gasteiger partial charge in [0.2, 0.25) is 0 Å². The van der Waals surface area contributed by atoms with E-state index in [1.165, 1.54) is 52.1 Å². The third-order valence-electron chi connectivity index (χ3n) is 5.34. The van der Waals surface area contributed by atoms with Crippen LogP contribution in [0.15, 0.2) is 22.8 Å². The van der Waals surface area contributed by atoms with Gasteiger partial charge in [-0.3, -0.25) is 0 Å². The fraction of sp³-hybridized carbons (Fsp3) is 0.750. The third kappa shape index (κ3) is 4.07. The van der Waals surface area contributed by atoms with Gasteiger partial charge in [0.05, 0.1) is 32.0 Å². The van der Waals surface area contributed by atoms with Crippen molar-refractivity contribution < 1.29 is 24.2 Å². The van der Waals surface area contributed by atoms with Gasteiger partial charge in [-0.15, -0.1) is 0 Å². The van der Waals surface area contributed by atoms with Crippen LogP contribution in [0.2, 0.25) is 0 Å². The van der Waals surface area contributed by atoms with Crippen molar-refractivity contribution in [2.45, 2.75) is 25.4 Å². The monoisotopic (exact) mass is 296 g/mol. The molecule has 1 aromatic heterocycles. The lowest BCUT2D eigenvalue weighted by molar-refractivity contribution is -1.03. The lowest BCUT2D eigenvalue weighted by Crippen LogP contribution is -3.30. The summed E-state index contributed by atoms with van der Waals surface area (Å²) in [5.41, 5.74) is 0. The Morgan fingerprint density at radius 2 is 1.81 bits per heavy atom. The first kappa shape index (κ1) is 15.0. The zero-order chi connectivity index (χ0) is 14.5. The van der Waals surface area contributed by atoms with Crippen LogP contribution in [0.25, 0.3) is 0 Å². The lowest BCUT2D eigenvalue weighted by atomic mass is 10.0. The molecule has 0 bridgehead atoms. The molecule has 0 atom stereocenters. The molecule has 0 amide bonds. The van der Waals surface area contributed by atoms with Crippen LogP contribution in [-0.4, -0.2) is 63.6 Å². The molecule has 3 heterocycles. The zero-order valence-corrected chi connectivity index (χ0v) is 12.9. The Hall–Kier alpha value is -0.880. The van der Waals surface area contributed by atoms with E-state index in [0.717, 1.165) is 24.9 Å². The van der Waals surface area contributed by atoms with Gasteiger partial charge in [-0.25, -0.2) is 0 Å². The summed E-state index contributed by atoms with van der Waals surface area (Å²) in [5, 5.41) is 9.03. The van der Waals surface area contributed by atoms with Crippen molar-refractivity contribution in [2.24, 2.45) is 0 Å². The molecule has 21 heavy (non-hydrogen) atoms. The number of hydrogen-bond acceptors (Lipinski definition) is 2. The highest BCUT2D eigenvalue weighted by atomic mass is 16.3. The summed E-state index contributed by atoms with van der Waals surface area (Å²) in [7, 11) is 0. The molecule has 0 aliphatic carbocycles. The predicted molar refractivity (Wildman–Crippen MR) is 79.5 cm³/mol. The van der Waals surface area contributed by atoms with E-state index in [1.54, 1.807) is 16.1 Å². The van der Waals surface area contributed by atoms with E-state index in [4.69, 9.17) is 9.52 Å². The molecule has 0 saturated carbocycles. The molecule has 0 unspecified atom stereocenters. The predicted octanol–water partition coefficient (Wildman–Crippen LogP) is -3.40. The van der Waals surface area contributed by atoms with Gasteiger partial charge in [0.15, 0.2) is 5.76 Å². The summed E-state index contributed by atoms with van der Waals surface area (Å²) in [6.45, 7) is 9.90.